The average Bonchev–Trinajstić information content (AvgIpc) is 2.33. The van der Waals surface area contributed by atoms with Crippen molar-refractivity contribution in [2.24, 2.45) is 0 Å². The smallest absolute Gasteiger partial charge is 0.151 e. The normalized spacial score (nSPS) is 7.73. The standard InChI is InChI=1S/C6H6N2O.C3H8O.C2H6/c7-6-2-1-5(4-9)3-8-6;1-3-4-2;1-2/h1-4H,(H2,7,8);3H2,1-2H3;1-2H3. The summed E-state index contributed by atoms with van der Waals surface area (Å²) >= 11 is 0. The zero-order valence-electron chi connectivity index (χ0n) is 9.86. The molecule has 0 unspecified atom stereocenters. The minimum absolute atomic E-state index is 0.431. The maximum atomic E-state index is 10.0. The second-order valence-electron chi connectivity index (χ2n) is 2.21. The molecule has 0 aromatic carbocycles. The van der Waals surface area contributed by atoms with Gasteiger partial charge in [-0.2, -0.15) is 0 Å². The molecule has 1 rings (SSSR count). The van der Waals surface area contributed by atoms with Crippen molar-refractivity contribution in [3.63, 3.8) is 0 Å². The molecule has 1 heterocycles. The molecule has 0 aliphatic heterocycles. The number of rotatable bonds is 2. The first-order valence-electron chi connectivity index (χ1n) is 4.90. The van der Waals surface area contributed by atoms with Crippen LogP contribution in [0.2, 0.25) is 0 Å². The van der Waals surface area contributed by atoms with Gasteiger partial charge in [0, 0.05) is 25.5 Å². The summed E-state index contributed by atoms with van der Waals surface area (Å²) in [6, 6.07) is 3.21. The predicted molar refractivity (Wildman–Crippen MR) is 62.9 cm³/mol. The quantitative estimate of drug-likeness (QED) is 0.763. The van der Waals surface area contributed by atoms with Crippen LogP contribution >= 0.6 is 0 Å². The number of hydrogen-bond acceptors (Lipinski definition) is 4. The molecule has 1 aromatic rings. The van der Waals surface area contributed by atoms with E-state index in [4.69, 9.17) is 5.73 Å². The van der Waals surface area contributed by atoms with E-state index in [0.29, 0.717) is 11.4 Å². The van der Waals surface area contributed by atoms with E-state index in [0.717, 1.165) is 12.9 Å². The van der Waals surface area contributed by atoms with Crippen molar-refractivity contribution in [3.05, 3.63) is 23.9 Å². The van der Waals surface area contributed by atoms with Crippen molar-refractivity contribution < 1.29 is 9.53 Å². The van der Waals surface area contributed by atoms with Crippen molar-refractivity contribution in [2.45, 2.75) is 20.8 Å². The molecule has 0 spiro atoms. The monoisotopic (exact) mass is 212 g/mol. The highest BCUT2D eigenvalue weighted by atomic mass is 16.5. The van der Waals surface area contributed by atoms with Crippen LogP contribution < -0.4 is 5.73 Å². The number of aromatic nitrogens is 1. The lowest BCUT2D eigenvalue weighted by molar-refractivity contribution is 0.112. The lowest BCUT2D eigenvalue weighted by Gasteiger charge is -1.88. The van der Waals surface area contributed by atoms with E-state index in [1.807, 2.05) is 20.8 Å². The third kappa shape index (κ3) is 10.5. The second-order valence-corrected chi connectivity index (χ2v) is 2.21. The second kappa shape index (κ2) is 12.6. The minimum atomic E-state index is 0.431. The number of carbonyl (C=O) groups is 1. The van der Waals surface area contributed by atoms with Crippen molar-refractivity contribution in [3.8, 4) is 0 Å². The summed E-state index contributed by atoms with van der Waals surface area (Å²) in [5.41, 5.74) is 5.80. The molecule has 0 radical (unpaired) electrons. The topological polar surface area (TPSA) is 65.2 Å². The Labute approximate surface area is 91.5 Å². The molecular weight excluding hydrogens is 192 g/mol. The molecule has 4 nitrogen and oxygen atoms in total. The van der Waals surface area contributed by atoms with Gasteiger partial charge < -0.3 is 10.5 Å². The van der Waals surface area contributed by atoms with E-state index in [2.05, 4.69) is 9.72 Å². The van der Waals surface area contributed by atoms with E-state index in [1.165, 1.54) is 6.20 Å². The fraction of sp³-hybridized carbons (Fsp3) is 0.455. The van der Waals surface area contributed by atoms with Gasteiger partial charge in [-0.15, -0.1) is 0 Å². The van der Waals surface area contributed by atoms with E-state index in [1.54, 1.807) is 19.2 Å². The Hall–Kier alpha value is -1.42. The molecule has 15 heavy (non-hydrogen) atoms. The van der Waals surface area contributed by atoms with Crippen LogP contribution in [0, 0.1) is 0 Å². The third-order valence-corrected chi connectivity index (χ3v) is 1.23. The van der Waals surface area contributed by atoms with Gasteiger partial charge in [0.05, 0.1) is 0 Å². The van der Waals surface area contributed by atoms with Crippen LogP contribution in [0.25, 0.3) is 0 Å². The summed E-state index contributed by atoms with van der Waals surface area (Å²) in [6.07, 6.45) is 2.16. The van der Waals surface area contributed by atoms with Crippen LogP contribution in [-0.2, 0) is 4.74 Å². The SMILES string of the molecule is CC.CCOC.Nc1ccc(C=O)cn1. The summed E-state index contributed by atoms with van der Waals surface area (Å²) in [5.74, 6) is 0.431. The molecule has 0 fully saturated rings. The van der Waals surface area contributed by atoms with Crippen molar-refractivity contribution in [1.82, 2.24) is 4.98 Å². The average molecular weight is 212 g/mol. The van der Waals surface area contributed by atoms with Gasteiger partial charge in [0.1, 0.15) is 5.82 Å². The highest BCUT2D eigenvalue weighted by Crippen LogP contribution is 1.96. The Kier molecular flexibility index (Phi) is 13.4. The third-order valence-electron chi connectivity index (χ3n) is 1.23. The lowest BCUT2D eigenvalue weighted by atomic mass is 10.3. The molecule has 0 saturated heterocycles. The predicted octanol–water partition coefficient (Wildman–Crippen LogP) is 2.16. The first-order valence-corrected chi connectivity index (χ1v) is 4.90. The number of ether oxygens (including phenoxy) is 1. The zero-order valence-corrected chi connectivity index (χ0v) is 9.86. The summed E-state index contributed by atoms with van der Waals surface area (Å²) in [7, 11) is 1.68. The number of nitrogens with zero attached hydrogens (tertiary/aromatic N) is 1. The molecule has 4 heteroatoms. The van der Waals surface area contributed by atoms with Gasteiger partial charge in [-0.25, -0.2) is 4.98 Å². The van der Waals surface area contributed by atoms with Gasteiger partial charge in [-0.1, -0.05) is 13.8 Å². The first-order chi connectivity index (χ1) is 7.24. The van der Waals surface area contributed by atoms with Crippen molar-refractivity contribution in [2.75, 3.05) is 19.5 Å². The molecule has 0 bridgehead atoms. The Morgan fingerprint density at radius 3 is 2.27 bits per heavy atom. The van der Waals surface area contributed by atoms with Crippen LogP contribution in [0.4, 0.5) is 5.82 Å². The number of pyridine rings is 1. The number of methoxy groups -OCH3 is 1. The summed E-state index contributed by atoms with van der Waals surface area (Å²) < 4.78 is 4.54. The molecule has 0 amide bonds. The summed E-state index contributed by atoms with van der Waals surface area (Å²) in [5, 5.41) is 0. The Morgan fingerprint density at radius 1 is 1.47 bits per heavy atom. The maximum Gasteiger partial charge on any atom is 0.151 e. The van der Waals surface area contributed by atoms with Crippen molar-refractivity contribution in [1.29, 1.82) is 0 Å². The molecule has 0 aliphatic rings. The van der Waals surface area contributed by atoms with Gasteiger partial charge in [0.25, 0.3) is 0 Å². The van der Waals surface area contributed by atoms with Gasteiger partial charge in [-0.05, 0) is 19.1 Å². The Bertz CT molecular complexity index is 233. The van der Waals surface area contributed by atoms with Gasteiger partial charge >= 0.3 is 0 Å². The van der Waals surface area contributed by atoms with E-state index >= 15 is 0 Å². The lowest BCUT2D eigenvalue weighted by Crippen LogP contribution is -1.89. The highest BCUT2D eigenvalue weighted by molar-refractivity contribution is 5.74. The van der Waals surface area contributed by atoms with Gasteiger partial charge in [-0.3, -0.25) is 4.79 Å². The first kappa shape index (κ1) is 16.0. The number of carbonyl (C=O) groups excluding carboxylic acids is 1. The van der Waals surface area contributed by atoms with E-state index in [9.17, 15) is 4.79 Å². The molecule has 2 N–H and O–H groups in total. The van der Waals surface area contributed by atoms with E-state index in [-0.39, 0.29) is 0 Å². The van der Waals surface area contributed by atoms with Crippen LogP contribution in [0.15, 0.2) is 18.3 Å². The Morgan fingerprint density at radius 2 is 2.00 bits per heavy atom. The number of anilines is 1. The maximum absolute atomic E-state index is 10.0. The zero-order chi connectivity index (χ0) is 12.1. The molecule has 0 aliphatic carbocycles. The number of nitrogen functional groups attached to an aromatic ring is 1. The fourth-order valence-corrected chi connectivity index (χ4v) is 0.486. The summed E-state index contributed by atoms with van der Waals surface area (Å²) in [6.45, 7) is 6.78. The molecule has 0 atom stereocenters. The summed E-state index contributed by atoms with van der Waals surface area (Å²) in [4.78, 5) is 13.7. The molecule has 0 saturated carbocycles. The van der Waals surface area contributed by atoms with Crippen LogP contribution in [0.3, 0.4) is 0 Å². The van der Waals surface area contributed by atoms with E-state index < -0.39 is 0 Å². The minimum Gasteiger partial charge on any atom is -0.385 e. The molecule has 86 valence electrons. The number of aldehydes is 1. The van der Waals surface area contributed by atoms with Gasteiger partial charge in [0.15, 0.2) is 6.29 Å². The Balaban J connectivity index is 0. The van der Waals surface area contributed by atoms with Gasteiger partial charge in [0.2, 0.25) is 0 Å². The fourth-order valence-electron chi connectivity index (χ4n) is 0.486. The van der Waals surface area contributed by atoms with Crippen LogP contribution in [0.1, 0.15) is 31.1 Å². The number of nitrogens with two attached hydrogens (primary N) is 1. The van der Waals surface area contributed by atoms with Crippen molar-refractivity contribution >= 4 is 12.1 Å². The van der Waals surface area contributed by atoms with Crippen LogP contribution in [0.5, 0.6) is 0 Å². The van der Waals surface area contributed by atoms with Crippen LogP contribution in [-0.4, -0.2) is 25.0 Å². The highest BCUT2D eigenvalue weighted by Gasteiger charge is 1.86. The number of hydrogen-bond donors (Lipinski definition) is 1. The molecule has 1 aromatic heterocycles. The molecular formula is C11H20N2O2. The largest absolute Gasteiger partial charge is 0.385 e.